The van der Waals surface area contributed by atoms with E-state index in [9.17, 15) is 4.79 Å². The fraction of sp³-hybridized carbons (Fsp3) is 0.214. The van der Waals surface area contributed by atoms with Crippen molar-refractivity contribution in [2.24, 2.45) is 0 Å². The number of nitrogens with zero attached hydrogens (tertiary/aromatic N) is 2. The van der Waals surface area contributed by atoms with Crippen LogP contribution in [0.2, 0.25) is 0 Å². The average Bonchev–Trinajstić information content (AvgIpc) is 3.34. The first-order chi connectivity index (χ1) is 17.0. The van der Waals surface area contributed by atoms with Crippen LogP contribution < -0.4 is 19.5 Å². The van der Waals surface area contributed by atoms with Gasteiger partial charge in [0.25, 0.3) is 5.91 Å². The molecular weight excluding hydrogens is 442 g/mol. The minimum absolute atomic E-state index is 0.230. The van der Waals surface area contributed by atoms with E-state index < -0.39 is 0 Å². The first-order valence-corrected chi connectivity index (χ1v) is 11.3. The third-order valence-electron chi connectivity index (χ3n) is 5.91. The average molecular weight is 472 g/mol. The number of amides is 1. The molecule has 1 N–H and O–H groups in total. The quantitative estimate of drug-likeness (QED) is 0.374. The summed E-state index contributed by atoms with van der Waals surface area (Å²) in [7, 11) is 4.69. The molecule has 0 saturated carbocycles. The van der Waals surface area contributed by atoms with Gasteiger partial charge in [-0.2, -0.15) is 5.10 Å². The van der Waals surface area contributed by atoms with Crippen LogP contribution in [0.4, 0.5) is 0 Å². The van der Waals surface area contributed by atoms with Crippen LogP contribution in [0.1, 0.15) is 34.5 Å². The number of hydrogen-bond donors (Lipinski definition) is 1. The molecule has 0 saturated heterocycles. The molecule has 0 bridgehead atoms. The minimum Gasteiger partial charge on any atom is -0.493 e. The highest BCUT2D eigenvalue weighted by Crippen LogP contribution is 2.39. The Morgan fingerprint density at radius 2 is 1.54 bits per heavy atom. The van der Waals surface area contributed by atoms with E-state index in [2.05, 4.69) is 5.32 Å². The van der Waals surface area contributed by atoms with E-state index in [1.54, 1.807) is 32.2 Å². The third-order valence-corrected chi connectivity index (χ3v) is 5.91. The SMILES string of the molecule is COc1cc(C(C)NC(=O)c2cn(-c3ccccc3)nc2-c2ccccc2C)cc(OC)c1OC. The van der Waals surface area contributed by atoms with Crippen molar-refractivity contribution in [1.29, 1.82) is 0 Å². The largest absolute Gasteiger partial charge is 0.493 e. The van der Waals surface area contributed by atoms with Crippen LogP contribution in [0.25, 0.3) is 16.9 Å². The number of aromatic nitrogens is 2. The maximum atomic E-state index is 13.6. The molecule has 1 amide bonds. The van der Waals surface area contributed by atoms with Crippen molar-refractivity contribution in [3.8, 4) is 34.2 Å². The molecule has 7 nitrogen and oxygen atoms in total. The highest BCUT2D eigenvalue weighted by atomic mass is 16.5. The molecule has 35 heavy (non-hydrogen) atoms. The predicted molar refractivity (Wildman–Crippen MR) is 136 cm³/mol. The highest BCUT2D eigenvalue weighted by Gasteiger charge is 2.23. The van der Waals surface area contributed by atoms with E-state index in [4.69, 9.17) is 19.3 Å². The molecule has 1 heterocycles. The number of rotatable bonds is 8. The summed E-state index contributed by atoms with van der Waals surface area (Å²) < 4.78 is 18.1. The fourth-order valence-corrected chi connectivity index (χ4v) is 4.00. The molecule has 4 rings (SSSR count). The van der Waals surface area contributed by atoms with Gasteiger partial charge in [0, 0.05) is 11.8 Å². The van der Waals surface area contributed by atoms with E-state index in [0.29, 0.717) is 28.5 Å². The van der Waals surface area contributed by atoms with Crippen molar-refractivity contribution in [2.45, 2.75) is 19.9 Å². The van der Waals surface area contributed by atoms with Crippen LogP contribution in [-0.2, 0) is 0 Å². The monoisotopic (exact) mass is 471 g/mol. The van der Waals surface area contributed by atoms with Gasteiger partial charge in [-0.1, -0.05) is 42.5 Å². The molecule has 1 aromatic heterocycles. The van der Waals surface area contributed by atoms with Gasteiger partial charge in [0.2, 0.25) is 5.75 Å². The lowest BCUT2D eigenvalue weighted by molar-refractivity contribution is 0.0940. The Bertz CT molecular complexity index is 1310. The van der Waals surface area contributed by atoms with Crippen molar-refractivity contribution < 1.29 is 19.0 Å². The first kappa shape index (κ1) is 23.9. The van der Waals surface area contributed by atoms with Gasteiger partial charge >= 0.3 is 0 Å². The maximum Gasteiger partial charge on any atom is 0.255 e. The molecular formula is C28H29N3O4. The zero-order chi connectivity index (χ0) is 24.9. The zero-order valence-corrected chi connectivity index (χ0v) is 20.5. The number of methoxy groups -OCH3 is 3. The van der Waals surface area contributed by atoms with E-state index in [1.807, 2.05) is 80.6 Å². The lowest BCUT2D eigenvalue weighted by Crippen LogP contribution is -2.27. The molecule has 3 aromatic carbocycles. The zero-order valence-electron chi connectivity index (χ0n) is 20.5. The Hall–Kier alpha value is -4.26. The number of benzene rings is 3. The molecule has 0 radical (unpaired) electrons. The van der Waals surface area contributed by atoms with Gasteiger partial charge in [0.15, 0.2) is 11.5 Å². The van der Waals surface area contributed by atoms with Crippen LogP contribution in [-0.4, -0.2) is 37.0 Å². The van der Waals surface area contributed by atoms with Crippen LogP contribution in [0.15, 0.2) is 72.9 Å². The topological polar surface area (TPSA) is 74.6 Å². The Balaban J connectivity index is 1.71. The van der Waals surface area contributed by atoms with Crippen LogP contribution >= 0.6 is 0 Å². The third kappa shape index (κ3) is 4.84. The molecule has 1 atom stereocenters. The van der Waals surface area contributed by atoms with Crippen molar-refractivity contribution in [3.63, 3.8) is 0 Å². The Morgan fingerprint density at radius 1 is 0.914 bits per heavy atom. The smallest absolute Gasteiger partial charge is 0.255 e. The van der Waals surface area contributed by atoms with Gasteiger partial charge in [0.05, 0.1) is 38.6 Å². The number of carbonyl (C=O) groups excluding carboxylic acids is 1. The predicted octanol–water partition coefficient (Wildman–Crippen LogP) is 5.36. The summed E-state index contributed by atoms with van der Waals surface area (Å²) in [4.78, 5) is 13.6. The summed E-state index contributed by atoms with van der Waals surface area (Å²) in [5.41, 5.74) is 4.76. The number of ether oxygens (including phenoxy) is 3. The Labute approximate surface area is 205 Å². The number of para-hydroxylation sites is 1. The molecule has 4 aromatic rings. The number of aryl methyl sites for hydroxylation is 1. The second kappa shape index (κ2) is 10.3. The van der Waals surface area contributed by atoms with E-state index in [0.717, 1.165) is 22.4 Å². The van der Waals surface area contributed by atoms with Gasteiger partial charge in [-0.05, 0) is 49.2 Å². The molecule has 7 heteroatoms. The van der Waals surface area contributed by atoms with E-state index in [-0.39, 0.29) is 11.9 Å². The molecule has 0 fully saturated rings. The normalized spacial score (nSPS) is 11.6. The van der Waals surface area contributed by atoms with Gasteiger partial charge in [-0.15, -0.1) is 0 Å². The van der Waals surface area contributed by atoms with Gasteiger partial charge < -0.3 is 19.5 Å². The van der Waals surface area contributed by atoms with Gasteiger partial charge in [-0.25, -0.2) is 4.68 Å². The number of nitrogens with one attached hydrogen (secondary N) is 1. The summed E-state index contributed by atoms with van der Waals surface area (Å²) in [5.74, 6) is 1.33. The second-order valence-corrected chi connectivity index (χ2v) is 8.14. The first-order valence-electron chi connectivity index (χ1n) is 11.3. The van der Waals surface area contributed by atoms with E-state index >= 15 is 0 Å². The van der Waals surface area contributed by atoms with Gasteiger partial charge in [0.1, 0.15) is 5.69 Å². The minimum atomic E-state index is -0.332. The standard InChI is InChI=1S/C28H29N3O4/c1-18-11-9-10-14-22(18)26-23(17-31(30-26)21-12-7-6-8-13-21)28(32)29-19(2)20-15-24(33-3)27(35-5)25(16-20)34-4/h6-17,19H,1-5H3,(H,29,32). The lowest BCUT2D eigenvalue weighted by Gasteiger charge is -2.19. The Kier molecular flexibility index (Phi) is 7.06. The van der Waals surface area contributed by atoms with Crippen LogP contribution in [0, 0.1) is 6.92 Å². The summed E-state index contributed by atoms with van der Waals surface area (Å²) in [6.45, 7) is 3.92. The highest BCUT2D eigenvalue weighted by molar-refractivity contribution is 6.00. The molecule has 0 aliphatic heterocycles. The van der Waals surface area contributed by atoms with Crippen LogP contribution in [0.3, 0.4) is 0 Å². The lowest BCUT2D eigenvalue weighted by atomic mass is 10.0. The molecule has 0 spiro atoms. The van der Waals surface area contributed by atoms with Crippen molar-refractivity contribution in [2.75, 3.05) is 21.3 Å². The molecule has 180 valence electrons. The molecule has 1 unspecified atom stereocenters. The van der Waals surface area contributed by atoms with E-state index in [1.165, 1.54) is 0 Å². The van der Waals surface area contributed by atoms with Gasteiger partial charge in [-0.3, -0.25) is 4.79 Å². The second-order valence-electron chi connectivity index (χ2n) is 8.14. The summed E-state index contributed by atoms with van der Waals surface area (Å²) in [6, 6.07) is 21.0. The van der Waals surface area contributed by atoms with Crippen molar-refractivity contribution in [3.05, 3.63) is 89.6 Å². The van der Waals surface area contributed by atoms with Crippen molar-refractivity contribution in [1.82, 2.24) is 15.1 Å². The van der Waals surface area contributed by atoms with Crippen molar-refractivity contribution >= 4 is 5.91 Å². The fourth-order valence-electron chi connectivity index (χ4n) is 4.00. The summed E-state index contributed by atoms with van der Waals surface area (Å²) in [6.07, 6.45) is 1.77. The molecule has 0 aliphatic carbocycles. The molecule has 0 aliphatic rings. The number of carbonyl (C=O) groups is 1. The number of hydrogen-bond acceptors (Lipinski definition) is 5. The summed E-state index contributed by atoms with van der Waals surface area (Å²) in [5, 5.41) is 7.89. The maximum absolute atomic E-state index is 13.6. The van der Waals surface area contributed by atoms with Crippen LogP contribution in [0.5, 0.6) is 17.2 Å². The summed E-state index contributed by atoms with van der Waals surface area (Å²) >= 11 is 0. The Morgan fingerprint density at radius 3 is 2.14 bits per heavy atom.